The van der Waals surface area contributed by atoms with Crippen LogP contribution in [0.5, 0.6) is 0 Å². The summed E-state index contributed by atoms with van der Waals surface area (Å²) >= 11 is 0. The van der Waals surface area contributed by atoms with E-state index in [1.807, 2.05) is 0 Å². The van der Waals surface area contributed by atoms with Gasteiger partial charge in [0, 0.05) is 23.6 Å². The molecule has 1 aliphatic heterocycles. The normalized spacial score (nSPS) is 19.8. The van der Waals surface area contributed by atoms with Gasteiger partial charge in [0.1, 0.15) is 0 Å². The van der Waals surface area contributed by atoms with E-state index in [2.05, 4.69) is 49.0 Å². The fraction of sp³-hybridized carbons (Fsp3) is 0.500. The van der Waals surface area contributed by atoms with Crippen LogP contribution in [-0.2, 0) is 13.5 Å². The first-order valence-corrected chi connectivity index (χ1v) is 6.92. The van der Waals surface area contributed by atoms with Crippen molar-refractivity contribution in [1.29, 1.82) is 0 Å². The molecule has 0 radical (unpaired) electrons. The predicted molar refractivity (Wildman–Crippen MR) is 77.1 cm³/mol. The van der Waals surface area contributed by atoms with Crippen molar-refractivity contribution in [2.24, 2.45) is 13.0 Å². The second-order valence-electron chi connectivity index (χ2n) is 5.71. The number of nitrogens with one attached hydrogen (secondary N) is 1. The molecule has 1 fully saturated rings. The molecule has 96 valence electrons. The summed E-state index contributed by atoms with van der Waals surface area (Å²) in [6.45, 7) is 6.81. The highest BCUT2D eigenvalue weighted by Gasteiger charge is 2.19. The van der Waals surface area contributed by atoms with Gasteiger partial charge in [-0.1, -0.05) is 11.6 Å². The van der Waals surface area contributed by atoms with Crippen molar-refractivity contribution in [1.82, 2.24) is 9.88 Å². The maximum absolute atomic E-state index is 3.47. The van der Waals surface area contributed by atoms with Gasteiger partial charge < -0.3 is 9.88 Å². The average molecular weight is 242 g/mol. The molecule has 2 aromatic rings. The van der Waals surface area contributed by atoms with Gasteiger partial charge in [0.15, 0.2) is 0 Å². The van der Waals surface area contributed by atoms with Gasteiger partial charge in [-0.15, -0.1) is 0 Å². The molecule has 1 aromatic carbocycles. The third-order valence-electron chi connectivity index (χ3n) is 4.43. The quantitative estimate of drug-likeness (QED) is 0.856. The Kier molecular flexibility index (Phi) is 2.90. The lowest BCUT2D eigenvalue weighted by Crippen LogP contribution is -2.11. The summed E-state index contributed by atoms with van der Waals surface area (Å²) in [6, 6.07) is 6.82. The summed E-state index contributed by atoms with van der Waals surface area (Å²) in [5, 5.41) is 4.93. The zero-order valence-electron chi connectivity index (χ0n) is 11.6. The number of nitrogens with zero attached hydrogens (tertiary/aromatic N) is 1. The van der Waals surface area contributed by atoms with Crippen molar-refractivity contribution < 1.29 is 0 Å². The maximum Gasteiger partial charge on any atom is 0.0482 e. The lowest BCUT2D eigenvalue weighted by Gasteiger charge is -2.09. The van der Waals surface area contributed by atoms with Crippen molar-refractivity contribution in [2.75, 3.05) is 13.1 Å². The van der Waals surface area contributed by atoms with Gasteiger partial charge in [-0.3, -0.25) is 0 Å². The Bertz CT molecular complexity index is 574. The van der Waals surface area contributed by atoms with Gasteiger partial charge >= 0.3 is 0 Å². The summed E-state index contributed by atoms with van der Waals surface area (Å²) in [7, 11) is 2.18. The number of fused-ring (bicyclic) bond motifs is 1. The van der Waals surface area contributed by atoms with Crippen molar-refractivity contribution in [3.05, 3.63) is 35.0 Å². The molecular formula is C16H22N2. The number of aryl methyl sites for hydroxylation is 2. The van der Waals surface area contributed by atoms with E-state index in [0.29, 0.717) is 0 Å². The molecule has 1 unspecified atom stereocenters. The Hall–Kier alpha value is -1.28. The highest BCUT2D eigenvalue weighted by molar-refractivity contribution is 5.86. The SMILES string of the molecule is Cc1ccc2c(c1)c(CC1CCNC1)c(C)n2C. The van der Waals surface area contributed by atoms with E-state index >= 15 is 0 Å². The molecule has 1 aliphatic rings. The van der Waals surface area contributed by atoms with Crippen molar-refractivity contribution in [3.63, 3.8) is 0 Å². The Morgan fingerprint density at radius 2 is 2.17 bits per heavy atom. The molecule has 1 aromatic heterocycles. The predicted octanol–water partition coefficient (Wildman–Crippen LogP) is 2.95. The second kappa shape index (κ2) is 4.43. The van der Waals surface area contributed by atoms with Gasteiger partial charge in [-0.2, -0.15) is 0 Å². The molecule has 0 spiro atoms. The number of benzene rings is 1. The van der Waals surface area contributed by atoms with E-state index in [0.717, 1.165) is 5.92 Å². The van der Waals surface area contributed by atoms with E-state index in [1.54, 1.807) is 5.56 Å². The maximum atomic E-state index is 3.47. The lowest BCUT2D eigenvalue weighted by molar-refractivity contribution is 0.579. The van der Waals surface area contributed by atoms with E-state index in [1.165, 1.54) is 48.1 Å². The summed E-state index contributed by atoms with van der Waals surface area (Å²) in [4.78, 5) is 0. The van der Waals surface area contributed by atoms with Crippen molar-refractivity contribution in [2.45, 2.75) is 26.7 Å². The first-order valence-electron chi connectivity index (χ1n) is 6.92. The smallest absolute Gasteiger partial charge is 0.0482 e. The van der Waals surface area contributed by atoms with Crippen LogP contribution in [0.4, 0.5) is 0 Å². The van der Waals surface area contributed by atoms with Gasteiger partial charge in [-0.05, 0) is 63.4 Å². The molecule has 2 heterocycles. The van der Waals surface area contributed by atoms with E-state index in [9.17, 15) is 0 Å². The molecule has 3 rings (SSSR count). The highest BCUT2D eigenvalue weighted by Crippen LogP contribution is 2.29. The number of hydrogen-bond donors (Lipinski definition) is 1. The summed E-state index contributed by atoms with van der Waals surface area (Å²) < 4.78 is 2.34. The van der Waals surface area contributed by atoms with Crippen LogP contribution in [0.15, 0.2) is 18.2 Å². The Morgan fingerprint density at radius 1 is 1.33 bits per heavy atom. The second-order valence-corrected chi connectivity index (χ2v) is 5.71. The molecular weight excluding hydrogens is 220 g/mol. The monoisotopic (exact) mass is 242 g/mol. The number of hydrogen-bond acceptors (Lipinski definition) is 1. The van der Waals surface area contributed by atoms with Crippen LogP contribution in [0.25, 0.3) is 10.9 Å². The largest absolute Gasteiger partial charge is 0.348 e. The third kappa shape index (κ3) is 1.85. The molecule has 0 bridgehead atoms. The fourth-order valence-corrected chi connectivity index (χ4v) is 3.20. The van der Waals surface area contributed by atoms with E-state index in [4.69, 9.17) is 0 Å². The first-order chi connectivity index (χ1) is 8.66. The number of aromatic nitrogens is 1. The summed E-state index contributed by atoms with van der Waals surface area (Å²) in [5.41, 5.74) is 5.73. The lowest BCUT2D eigenvalue weighted by atomic mass is 9.96. The Labute approximate surface area is 109 Å². The van der Waals surface area contributed by atoms with E-state index in [-0.39, 0.29) is 0 Å². The third-order valence-corrected chi connectivity index (χ3v) is 4.43. The van der Waals surface area contributed by atoms with Crippen LogP contribution in [0.1, 0.15) is 23.2 Å². The molecule has 0 amide bonds. The summed E-state index contributed by atoms with van der Waals surface area (Å²) in [6.07, 6.45) is 2.54. The van der Waals surface area contributed by atoms with Gasteiger partial charge in [-0.25, -0.2) is 0 Å². The van der Waals surface area contributed by atoms with E-state index < -0.39 is 0 Å². The molecule has 1 atom stereocenters. The molecule has 18 heavy (non-hydrogen) atoms. The van der Waals surface area contributed by atoms with Crippen LogP contribution in [0, 0.1) is 19.8 Å². The number of rotatable bonds is 2. The zero-order chi connectivity index (χ0) is 12.7. The highest BCUT2D eigenvalue weighted by atomic mass is 14.9. The Morgan fingerprint density at radius 3 is 2.89 bits per heavy atom. The zero-order valence-corrected chi connectivity index (χ0v) is 11.6. The van der Waals surface area contributed by atoms with Gasteiger partial charge in [0.2, 0.25) is 0 Å². The molecule has 2 heteroatoms. The fourth-order valence-electron chi connectivity index (χ4n) is 3.20. The Balaban J connectivity index is 2.08. The van der Waals surface area contributed by atoms with Gasteiger partial charge in [0.05, 0.1) is 0 Å². The minimum atomic E-state index is 0.815. The molecule has 0 aliphatic carbocycles. The molecule has 1 N–H and O–H groups in total. The van der Waals surface area contributed by atoms with Crippen LogP contribution in [-0.4, -0.2) is 17.7 Å². The minimum Gasteiger partial charge on any atom is -0.348 e. The van der Waals surface area contributed by atoms with Crippen LogP contribution < -0.4 is 5.32 Å². The van der Waals surface area contributed by atoms with Crippen LogP contribution in [0.3, 0.4) is 0 Å². The standard InChI is InChI=1S/C16H22N2/c1-11-4-5-16-15(8-11)14(12(2)18(16)3)9-13-6-7-17-10-13/h4-5,8,13,17H,6-7,9-10H2,1-3H3. The average Bonchev–Trinajstić information content (AvgIpc) is 2.93. The van der Waals surface area contributed by atoms with Crippen molar-refractivity contribution in [3.8, 4) is 0 Å². The first kappa shape index (κ1) is 11.8. The summed E-state index contributed by atoms with van der Waals surface area (Å²) in [5.74, 6) is 0.815. The molecule has 1 saturated heterocycles. The molecule has 0 saturated carbocycles. The molecule has 2 nitrogen and oxygen atoms in total. The van der Waals surface area contributed by atoms with Gasteiger partial charge in [0.25, 0.3) is 0 Å². The topological polar surface area (TPSA) is 17.0 Å². The van der Waals surface area contributed by atoms with Crippen LogP contribution in [0.2, 0.25) is 0 Å². The van der Waals surface area contributed by atoms with Crippen LogP contribution >= 0.6 is 0 Å². The van der Waals surface area contributed by atoms with Crippen molar-refractivity contribution >= 4 is 10.9 Å². The minimum absolute atomic E-state index is 0.815.